The lowest BCUT2D eigenvalue weighted by Crippen LogP contribution is -2.43. The van der Waals surface area contributed by atoms with Crippen molar-refractivity contribution in [3.8, 4) is 0 Å². The number of fused-ring (bicyclic) bond motifs is 1. The van der Waals surface area contributed by atoms with E-state index in [0.29, 0.717) is 24.0 Å². The van der Waals surface area contributed by atoms with Gasteiger partial charge in [0, 0.05) is 24.3 Å². The molecular weight excluding hydrogens is 342 g/mol. The fourth-order valence-corrected chi connectivity index (χ4v) is 3.53. The van der Waals surface area contributed by atoms with E-state index in [2.05, 4.69) is 15.6 Å². The third-order valence-corrected chi connectivity index (χ3v) is 4.92. The lowest BCUT2D eigenvalue weighted by molar-refractivity contribution is -0.119. The van der Waals surface area contributed by atoms with Crippen LogP contribution in [0.2, 0.25) is 0 Å². The van der Waals surface area contributed by atoms with Crippen molar-refractivity contribution in [1.82, 2.24) is 19.9 Å². The summed E-state index contributed by atoms with van der Waals surface area (Å²) in [5.74, 6) is -0.293. The zero-order valence-corrected chi connectivity index (χ0v) is 15.1. The smallest absolute Gasteiger partial charge is 0.254 e. The largest absolute Gasteiger partial charge is 0.327 e. The zero-order valence-electron chi connectivity index (χ0n) is 15.1. The van der Waals surface area contributed by atoms with E-state index in [1.54, 1.807) is 21.7 Å². The summed E-state index contributed by atoms with van der Waals surface area (Å²) >= 11 is 0. The van der Waals surface area contributed by atoms with Gasteiger partial charge < -0.3 is 10.2 Å². The van der Waals surface area contributed by atoms with Crippen LogP contribution in [-0.4, -0.2) is 44.3 Å². The van der Waals surface area contributed by atoms with Crippen LogP contribution in [0.15, 0.2) is 48.5 Å². The monoisotopic (exact) mass is 363 g/mol. The number of nitrogens with zero attached hydrogens (tertiary/aromatic N) is 4. The van der Waals surface area contributed by atoms with Crippen LogP contribution in [0.3, 0.4) is 0 Å². The molecule has 0 aliphatic carbocycles. The molecule has 1 aromatic heterocycles. The molecule has 4 rings (SSSR count). The first-order valence-corrected chi connectivity index (χ1v) is 9.17. The number of nitrogens with one attached hydrogen (secondary N) is 1. The molecule has 2 aromatic carbocycles. The maximum absolute atomic E-state index is 13.0. The van der Waals surface area contributed by atoms with Crippen molar-refractivity contribution in [2.45, 2.75) is 32.4 Å². The molecule has 138 valence electrons. The number of para-hydroxylation sites is 1. The van der Waals surface area contributed by atoms with Gasteiger partial charge in [-0.3, -0.25) is 9.59 Å². The molecule has 3 aromatic rings. The number of amides is 2. The van der Waals surface area contributed by atoms with Crippen molar-refractivity contribution in [2.24, 2.45) is 0 Å². The Morgan fingerprint density at radius 1 is 1.19 bits per heavy atom. The highest BCUT2D eigenvalue weighted by molar-refractivity contribution is 6.02. The van der Waals surface area contributed by atoms with E-state index in [4.69, 9.17) is 0 Å². The maximum Gasteiger partial charge on any atom is 0.254 e. The maximum atomic E-state index is 13.0. The summed E-state index contributed by atoms with van der Waals surface area (Å²) in [7, 11) is 0. The first-order chi connectivity index (χ1) is 13.2. The third kappa shape index (κ3) is 3.28. The molecule has 27 heavy (non-hydrogen) atoms. The van der Waals surface area contributed by atoms with Gasteiger partial charge in [-0.1, -0.05) is 23.4 Å². The second-order valence-electron chi connectivity index (χ2n) is 6.62. The second-order valence-corrected chi connectivity index (χ2v) is 6.62. The van der Waals surface area contributed by atoms with E-state index in [-0.39, 0.29) is 11.8 Å². The Balaban J connectivity index is 1.54. The number of hydrogen-bond donors (Lipinski definition) is 1. The van der Waals surface area contributed by atoms with E-state index in [0.717, 1.165) is 24.2 Å². The minimum Gasteiger partial charge on any atom is -0.327 e. The zero-order chi connectivity index (χ0) is 18.8. The molecule has 1 aliphatic heterocycles. The number of hydrogen-bond acceptors (Lipinski definition) is 4. The van der Waals surface area contributed by atoms with Crippen LogP contribution < -0.4 is 5.32 Å². The Labute approximate surface area is 157 Å². The van der Waals surface area contributed by atoms with Crippen LogP contribution in [-0.2, 0) is 11.3 Å². The number of carbonyl (C=O) groups excluding carboxylic acids is 2. The van der Waals surface area contributed by atoms with Crippen molar-refractivity contribution < 1.29 is 9.59 Å². The Kier molecular flexibility index (Phi) is 4.58. The van der Waals surface area contributed by atoms with Gasteiger partial charge in [-0.05, 0) is 50.1 Å². The summed E-state index contributed by atoms with van der Waals surface area (Å²) in [4.78, 5) is 27.4. The highest BCUT2D eigenvalue weighted by Crippen LogP contribution is 2.23. The van der Waals surface area contributed by atoms with Gasteiger partial charge >= 0.3 is 0 Å². The fraction of sp³-hybridized carbons (Fsp3) is 0.300. The Morgan fingerprint density at radius 3 is 2.78 bits per heavy atom. The number of anilines is 1. The van der Waals surface area contributed by atoms with Crippen molar-refractivity contribution in [3.05, 3.63) is 54.1 Å². The third-order valence-electron chi connectivity index (χ3n) is 4.92. The van der Waals surface area contributed by atoms with Crippen LogP contribution in [0, 0.1) is 0 Å². The predicted octanol–water partition coefficient (Wildman–Crippen LogP) is 2.69. The summed E-state index contributed by atoms with van der Waals surface area (Å²) in [5, 5.41) is 11.1. The minimum atomic E-state index is -0.459. The molecule has 1 atom stereocenters. The highest BCUT2D eigenvalue weighted by atomic mass is 16.2. The topological polar surface area (TPSA) is 80.1 Å². The van der Waals surface area contributed by atoms with Crippen LogP contribution in [0.25, 0.3) is 11.0 Å². The molecule has 2 heterocycles. The van der Waals surface area contributed by atoms with Gasteiger partial charge in [0.15, 0.2) is 0 Å². The van der Waals surface area contributed by atoms with Crippen LogP contribution >= 0.6 is 0 Å². The van der Waals surface area contributed by atoms with Gasteiger partial charge in [0.25, 0.3) is 5.91 Å². The van der Waals surface area contributed by atoms with Crippen LogP contribution in [0.5, 0.6) is 0 Å². The Morgan fingerprint density at radius 2 is 2.00 bits per heavy atom. The van der Waals surface area contributed by atoms with E-state index >= 15 is 0 Å². The summed E-state index contributed by atoms with van der Waals surface area (Å²) < 4.78 is 1.79. The fourth-order valence-electron chi connectivity index (χ4n) is 3.53. The summed E-state index contributed by atoms with van der Waals surface area (Å²) in [6.07, 6.45) is 1.48. The van der Waals surface area contributed by atoms with Gasteiger partial charge in [0.2, 0.25) is 5.91 Å². The summed E-state index contributed by atoms with van der Waals surface area (Å²) in [6.45, 7) is 3.29. The molecule has 0 unspecified atom stereocenters. The van der Waals surface area contributed by atoms with E-state index < -0.39 is 6.04 Å². The summed E-state index contributed by atoms with van der Waals surface area (Å²) in [5.41, 5.74) is 2.85. The molecule has 7 heteroatoms. The molecule has 1 aliphatic rings. The van der Waals surface area contributed by atoms with Gasteiger partial charge in [-0.2, -0.15) is 0 Å². The molecule has 0 saturated carbocycles. The standard InChI is InChI=1S/C20H21N5O2/c1-2-25-17-11-10-14(13-16(17)22-23-25)20(27)24-12-6-9-18(24)19(26)21-15-7-4-3-5-8-15/h3-5,7-8,10-11,13,18H,2,6,9,12H2,1H3,(H,21,26)/t18-/m1/s1. The van der Waals surface area contributed by atoms with Crippen molar-refractivity contribution >= 4 is 28.5 Å². The SMILES string of the molecule is CCn1nnc2cc(C(=O)N3CCC[C@@H]3C(=O)Nc3ccccc3)ccc21. The normalized spacial score (nSPS) is 16.6. The number of likely N-dealkylation sites (tertiary alicyclic amines) is 1. The van der Waals surface area contributed by atoms with Gasteiger partial charge in [0.05, 0.1) is 5.52 Å². The molecule has 0 bridgehead atoms. The van der Waals surface area contributed by atoms with Crippen molar-refractivity contribution in [1.29, 1.82) is 0 Å². The first kappa shape index (κ1) is 17.2. The average Bonchev–Trinajstić information content (AvgIpc) is 3.34. The van der Waals surface area contributed by atoms with E-state index in [1.165, 1.54) is 0 Å². The number of rotatable bonds is 4. The van der Waals surface area contributed by atoms with Crippen molar-refractivity contribution in [3.63, 3.8) is 0 Å². The quantitative estimate of drug-likeness (QED) is 0.773. The highest BCUT2D eigenvalue weighted by Gasteiger charge is 2.34. The lowest BCUT2D eigenvalue weighted by atomic mass is 10.1. The molecule has 0 spiro atoms. The molecule has 1 saturated heterocycles. The molecule has 1 fully saturated rings. The van der Waals surface area contributed by atoms with E-state index in [9.17, 15) is 9.59 Å². The Hall–Kier alpha value is -3.22. The second kappa shape index (κ2) is 7.19. The summed E-state index contributed by atoms with van der Waals surface area (Å²) in [6, 6.07) is 14.2. The minimum absolute atomic E-state index is 0.145. The average molecular weight is 363 g/mol. The van der Waals surface area contributed by atoms with Gasteiger partial charge in [-0.15, -0.1) is 5.10 Å². The van der Waals surface area contributed by atoms with E-state index in [1.807, 2.05) is 43.3 Å². The van der Waals surface area contributed by atoms with Crippen molar-refractivity contribution in [2.75, 3.05) is 11.9 Å². The molecule has 7 nitrogen and oxygen atoms in total. The number of benzene rings is 2. The Bertz CT molecular complexity index is 982. The molecular formula is C20H21N5O2. The molecule has 1 N–H and O–H groups in total. The number of aromatic nitrogens is 3. The number of aryl methyl sites for hydroxylation is 1. The lowest BCUT2D eigenvalue weighted by Gasteiger charge is -2.24. The van der Waals surface area contributed by atoms with Crippen LogP contribution in [0.4, 0.5) is 5.69 Å². The van der Waals surface area contributed by atoms with Gasteiger partial charge in [-0.25, -0.2) is 4.68 Å². The first-order valence-electron chi connectivity index (χ1n) is 9.17. The molecule has 2 amide bonds. The van der Waals surface area contributed by atoms with Crippen LogP contribution in [0.1, 0.15) is 30.1 Å². The number of carbonyl (C=O) groups is 2. The molecule has 0 radical (unpaired) electrons. The van der Waals surface area contributed by atoms with Gasteiger partial charge in [0.1, 0.15) is 11.6 Å². The predicted molar refractivity (Wildman–Crippen MR) is 102 cm³/mol.